The average Bonchev–Trinajstić information content (AvgIpc) is 2.62. The minimum Gasteiger partial charge on any atom is -0.337 e. The van der Waals surface area contributed by atoms with Crippen LogP contribution in [0.5, 0.6) is 0 Å². The molecule has 0 fully saturated rings. The fourth-order valence-corrected chi connectivity index (χ4v) is 1.16. The standard InChI is InChI=1S/C8H12N6.C2H6/c1-6-10-7(4-13(6)2)8-11-9-5-14(3)12-8;1-2/h4-5H,1-3H3,(H,11,12);1-2H3. The highest BCUT2D eigenvalue weighted by atomic mass is 15.6. The maximum atomic E-state index is 4.34. The van der Waals surface area contributed by atoms with Crippen molar-refractivity contribution in [2.45, 2.75) is 20.8 Å². The van der Waals surface area contributed by atoms with Gasteiger partial charge < -0.3 is 4.57 Å². The summed E-state index contributed by atoms with van der Waals surface area (Å²) < 4.78 is 1.94. The zero-order valence-electron chi connectivity index (χ0n) is 10.4. The molecule has 0 saturated carbocycles. The first kappa shape index (κ1) is 12.2. The maximum Gasteiger partial charge on any atom is 0.194 e. The van der Waals surface area contributed by atoms with Gasteiger partial charge >= 0.3 is 0 Å². The summed E-state index contributed by atoms with van der Waals surface area (Å²) in [7, 11) is 3.80. The second-order valence-electron chi connectivity index (χ2n) is 3.19. The fraction of sp³-hybridized carbons (Fsp3) is 0.500. The van der Waals surface area contributed by atoms with Crippen LogP contribution in [0.2, 0.25) is 0 Å². The van der Waals surface area contributed by atoms with Crippen molar-refractivity contribution in [2.75, 3.05) is 7.05 Å². The largest absolute Gasteiger partial charge is 0.337 e. The van der Waals surface area contributed by atoms with Crippen LogP contribution in [-0.4, -0.2) is 33.8 Å². The molecule has 1 aliphatic heterocycles. The van der Waals surface area contributed by atoms with E-state index < -0.39 is 0 Å². The van der Waals surface area contributed by atoms with Crippen molar-refractivity contribution >= 4 is 12.2 Å². The van der Waals surface area contributed by atoms with E-state index in [1.807, 2.05) is 45.6 Å². The molecule has 0 unspecified atom stereocenters. The Morgan fingerprint density at radius 2 is 1.94 bits per heavy atom. The Balaban J connectivity index is 0.000000606. The number of rotatable bonds is 1. The van der Waals surface area contributed by atoms with Crippen LogP contribution in [0.4, 0.5) is 0 Å². The lowest BCUT2D eigenvalue weighted by atomic mass is 10.4. The van der Waals surface area contributed by atoms with E-state index >= 15 is 0 Å². The highest BCUT2D eigenvalue weighted by Gasteiger charge is 2.11. The van der Waals surface area contributed by atoms with E-state index in [1.54, 1.807) is 11.3 Å². The zero-order chi connectivity index (χ0) is 12.1. The van der Waals surface area contributed by atoms with Gasteiger partial charge in [-0.05, 0) is 6.92 Å². The SMILES string of the molecule is CC.Cc1nc(C2=NN=CN(C)N2)cn1C. The van der Waals surface area contributed by atoms with Crippen LogP contribution in [0, 0.1) is 6.92 Å². The van der Waals surface area contributed by atoms with Crippen LogP contribution in [0.15, 0.2) is 16.4 Å². The van der Waals surface area contributed by atoms with Crippen LogP contribution < -0.4 is 5.43 Å². The maximum absolute atomic E-state index is 4.34. The number of nitrogens with zero attached hydrogens (tertiary/aromatic N) is 5. The van der Waals surface area contributed by atoms with Crippen molar-refractivity contribution < 1.29 is 0 Å². The molecule has 1 N–H and O–H groups in total. The van der Waals surface area contributed by atoms with Gasteiger partial charge in [-0.1, -0.05) is 13.8 Å². The number of hydrogen-bond acceptors (Lipinski definition) is 5. The van der Waals surface area contributed by atoms with E-state index in [0.717, 1.165) is 11.5 Å². The molecule has 1 aromatic rings. The molecule has 88 valence electrons. The monoisotopic (exact) mass is 222 g/mol. The van der Waals surface area contributed by atoms with E-state index in [1.165, 1.54) is 0 Å². The molecule has 16 heavy (non-hydrogen) atoms. The van der Waals surface area contributed by atoms with E-state index in [2.05, 4.69) is 20.6 Å². The number of nitrogens with one attached hydrogen (secondary N) is 1. The number of hydrogen-bond donors (Lipinski definition) is 1. The molecular formula is C10H18N6. The first-order valence-corrected chi connectivity index (χ1v) is 5.28. The summed E-state index contributed by atoms with van der Waals surface area (Å²) in [6.45, 7) is 5.94. The second-order valence-corrected chi connectivity index (χ2v) is 3.19. The fourth-order valence-electron chi connectivity index (χ4n) is 1.16. The van der Waals surface area contributed by atoms with Gasteiger partial charge in [0.2, 0.25) is 0 Å². The minimum atomic E-state index is 0.665. The Morgan fingerprint density at radius 3 is 2.44 bits per heavy atom. The predicted octanol–water partition coefficient (Wildman–Crippen LogP) is 0.895. The molecule has 0 spiro atoms. The van der Waals surface area contributed by atoms with Crippen LogP contribution in [0.3, 0.4) is 0 Å². The Hall–Kier alpha value is -1.85. The summed E-state index contributed by atoms with van der Waals surface area (Å²) in [5.74, 6) is 1.61. The summed E-state index contributed by atoms with van der Waals surface area (Å²) in [4.78, 5) is 4.34. The lowest BCUT2D eigenvalue weighted by molar-refractivity contribution is 0.460. The van der Waals surface area contributed by atoms with Crippen molar-refractivity contribution in [3.8, 4) is 0 Å². The highest BCUT2D eigenvalue weighted by Crippen LogP contribution is 2.02. The number of aryl methyl sites for hydroxylation is 2. The third-order valence-electron chi connectivity index (χ3n) is 2.02. The van der Waals surface area contributed by atoms with Crippen molar-refractivity contribution in [2.24, 2.45) is 17.3 Å². The molecule has 2 heterocycles. The van der Waals surface area contributed by atoms with Gasteiger partial charge in [-0.15, -0.1) is 10.2 Å². The van der Waals surface area contributed by atoms with Crippen LogP contribution in [0.1, 0.15) is 25.4 Å². The summed E-state index contributed by atoms with van der Waals surface area (Å²) in [5.41, 5.74) is 3.83. The first-order chi connectivity index (χ1) is 7.66. The Kier molecular flexibility index (Phi) is 4.04. The molecule has 0 atom stereocenters. The first-order valence-electron chi connectivity index (χ1n) is 5.28. The van der Waals surface area contributed by atoms with Gasteiger partial charge in [-0.3, -0.25) is 10.4 Å². The quantitative estimate of drug-likeness (QED) is 0.768. The smallest absolute Gasteiger partial charge is 0.194 e. The molecular weight excluding hydrogens is 204 g/mol. The van der Waals surface area contributed by atoms with E-state index in [4.69, 9.17) is 0 Å². The highest BCUT2D eigenvalue weighted by molar-refractivity contribution is 5.98. The third kappa shape index (κ3) is 2.59. The number of amidine groups is 1. The van der Waals surface area contributed by atoms with E-state index in [0.29, 0.717) is 5.84 Å². The molecule has 2 rings (SSSR count). The third-order valence-corrected chi connectivity index (χ3v) is 2.02. The summed E-state index contributed by atoms with van der Waals surface area (Å²) in [6.07, 6.45) is 3.51. The van der Waals surface area contributed by atoms with Crippen molar-refractivity contribution in [3.05, 3.63) is 17.7 Å². The predicted molar refractivity (Wildman–Crippen MR) is 65.2 cm³/mol. The molecule has 0 saturated heterocycles. The molecule has 1 aromatic heterocycles. The van der Waals surface area contributed by atoms with Gasteiger partial charge in [-0.2, -0.15) is 0 Å². The van der Waals surface area contributed by atoms with Gasteiger partial charge in [0.05, 0.1) is 0 Å². The topological polar surface area (TPSA) is 57.8 Å². The Bertz CT molecular complexity index is 384. The summed E-state index contributed by atoms with van der Waals surface area (Å²) in [6, 6.07) is 0. The number of aromatic nitrogens is 2. The normalized spacial score (nSPS) is 13.8. The van der Waals surface area contributed by atoms with Gasteiger partial charge in [0, 0.05) is 20.3 Å². The molecule has 6 heteroatoms. The lowest BCUT2D eigenvalue weighted by Crippen LogP contribution is -2.41. The van der Waals surface area contributed by atoms with Crippen molar-refractivity contribution in [1.82, 2.24) is 20.0 Å². The summed E-state index contributed by atoms with van der Waals surface area (Å²) >= 11 is 0. The Morgan fingerprint density at radius 1 is 1.25 bits per heavy atom. The second kappa shape index (κ2) is 5.29. The molecule has 6 nitrogen and oxygen atoms in total. The molecule has 0 bridgehead atoms. The number of imidazole rings is 1. The van der Waals surface area contributed by atoms with Crippen LogP contribution >= 0.6 is 0 Å². The van der Waals surface area contributed by atoms with E-state index in [9.17, 15) is 0 Å². The average molecular weight is 222 g/mol. The zero-order valence-corrected chi connectivity index (χ0v) is 10.4. The van der Waals surface area contributed by atoms with Crippen LogP contribution in [0.25, 0.3) is 0 Å². The van der Waals surface area contributed by atoms with Crippen molar-refractivity contribution in [1.29, 1.82) is 0 Å². The lowest BCUT2D eigenvalue weighted by Gasteiger charge is -2.18. The molecule has 0 aliphatic carbocycles. The summed E-state index contributed by atoms with van der Waals surface area (Å²) in [5, 5.41) is 9.52. The molecule has 0 aromatic carbocycles. The van der Waals surface area contributed by atoms with Crippen LogP contribution in [-0.2, 0) is 7.05 Å². The van der Waals surface area contributed by atoms with Gasteiger partial charge in [0.1, 0.15) is 17.9 Å². The Labute approximate surface area is 95.7 Å². The molecule has 0 amide bonds. The van der Waals surface area contributed by atoms with Crippen molar-refractivity contribution in [3.63, 3.8) is 0 Å². The van der Waals surface area contributed by atoms with E-state index in [-0.39, 0.29) is 0 Å². The molecule has 1 aliphatic rings. The number of hydrazine groups is 1. The minimum absolute atomic E-state index is 0.665. The molecule has 0 radical (unpaired) electrons. The van der Waals surface area contributed by atoms with Gasteiger partial charge in [-0.25, -0.2) is 4.98 Å². The van der Waals surface area contributed by atoms with Gasteiger partial charge in [0.15, 0.2) is 5.84 Å². The van der Waals surface area contributed by atoms with Gasteiger partial charge in [0.25, 0.3) is 0 Å².